The topological polar surface area (TPSA) is 55.3 Å². The summed E-state index contributed by atoms with van der Waals surface area (Å²) in [7, 11) is 0. The highest BCUT2D eigenvalue weighted by atomic mass is 16.4. The molecule has 0 bridgehead atoms. The minimum atomic E-state index is 0.303. The number of oxazole rings is 1. The van der Waals surface area contributed by atoms with Gasteiger partial charge in [-0.2, -0.15) is 4.98 Å². The van der Waals surface area contributed by atoms with Gasteiger partial charge in [-0.05, 0) is 12.5 Å². The van der Waals surface area contributed by atoms with Crippen LogP contribution >= 0.6 is 0 Å². The minimum Gasteiger partial charge on any atom is -0.429 e. The van der Waals surface area contributed by atoms with Crippen LogP contribution in [0.1, 0.15) is 22.6 Å². The lowest BCUT2D eigenvalue weighted by molar-refractivity contribution is 0.274. The average molecular weight is 257 g/mol. The summed E-state index contributed by atoms with van der Waals surface area (Å²) in [5, 5.41) is 0. The van der Waals surface area contributed by atoms with Gasteiger partial charge in [0.25, 0.3) is 6.01 Å². The molecule has 0 aliphatic carbocycles. The van der Waals surface area contributed by atoms with Crippen molar-refractivity contribution in [1.29, 1.82) is 0 Å². The fourth-order valence-electron chi connectivity index (χ4n) is 2.54. The van der Waals surface area contributed by atoms with Gasteiger partial charge in [0.2, 0.25) is 0 Å². The predicted octanol–water partition coefficient (Wildman–Crippen LogP) is 2.17. The third-order valence-electron chi connectivity index (χ3n) is 3.64. The van der Waals surface area contributed by atoms with Crippen molar-refractivity contribution in [1.82, 2.24) is 9.88 Å². The molecule has 0 amide bonds. The van der Waals surface area contributed by atoms with Crippen LogP contribution in [-0.4, -0.2) is 23.0 Å². The zero-order valence-electron chi connectivity index (χ0n) is 11.2. The second-order valence-electron chi connectivity index (χ2n) is 5.18. The number of hydrogen-bond acceptors (Lipinski definition) is 4. The van der Waals surface area contributed by atoms with Gasteiger partial charge in [0, 0.05) is 32.5 Å². The maximum atomic E-state index is 5.59. The molecule has 2 N–H and O–H groups in total. The van der Waals surface area contributed by atoms with E-state index < -0.39 is 0 Å². The summed E-state index contributed by atoms with van der Waals surface area (Å²) in [6.07, 6.45) is 1.81. The van der Waals surface area contributed by atoms with Crippen molar-refractivity contribution in [2.75, 3.05) is 18.8 Å². The molecule has 19 heavy (non-hydrogen) atoms. The fraction of sp³-hybridized carbons (Fsp3) is 0.400. The Bertz CT molecular complexity index is 534. The van der Waals surface area contributed by atoms with Gasteiger partial charge in [-0.3, -0.25) is 4.90 Å². The smallest absolute Gasteiger partial charge is 0.292 e. The molecule has 4 heteroatoms. The van der Waals surface area contributed by atoms with Crippen molar-refractivity contribution >= 4 is 6.01 Å². The predicted molar refractivity (Wildman–Crippen MR) is 74.8 cm³/mol. The first-order valence-corrected chi connectivity index (χ1v) is 6.72. The van der Waals surface area contributed by atoms with Gasteiger partial charge in [-0.15, -0.1) is 0 Å². The van der Waals surface area contributed by atoms with Gasteiger partial charge in [0.1, 0.15) is 5.76 Å². The molecule has 4 nitrogen and oxygen atoms in total. The summed E-state index contributed by atoms with van der Waals surface area (Å²) in [5.41, 5.74) is 9.28. The quantitative estimate of drug-likeness (QED) is 0.895. The van der Waals surface area contributed by atoms with Crippen LogP contribution in [0.2, 0.25) is 0 Å². The number of hydrogen-bond donors (Lipinski definition) is 1. The molecule has 3 rings (SSSR count). The number of nitrogen functional groups attached to an aromatic ring is 1. The summed E-state index contributed by atoms with van der Waals surface area (Å²) >= 11 is 0. The molecule has 0 unspecified atom stereocenters. The van der Waals surface area contributed by atoms with E-state index in [0.717, 1.165) is 43.9 Å². The van der Waals surface area contributed by atoms with Gasteiger partial charge >= 0.3 is 0 Å². The van der Waals surface area contributed by atoms with Gasteiger partial charge < -0.3 is 10.2 Å². The molecule has 0 spiro atoms. The third kappa shape index (κ3) is 2.79. The zero-order chi connectivity index (χ0) is 13.2. The number of rotatable bonds is 2. The molecule has 0 atom stereocenters. The molecule has 100 valence electrons. The second-order valence-corrected chi connectivity index (χ2v) is 5.18. The summed E-state index contributed by atoms with van der Waals surface area (Å²) in [5.74, 6) is 0.962. The Morgan fingerprint density at radius 2 is 1.95 bits per heavy atom. The van der Waals surface area contributed by atoms with Crippen LogP contribution < -0.4 is 5.73 Å². The van der Waals surface area contributed by atoms with Gasteiger partial charge in [-0.1, -0.05) is 29.8 Å². The van der Waals surface area contributed by atoms with Gasteiger partial charge in [0.05, 0.1) is 5.69 Å². The van der Waals surface area contributed by atoms with Crippen molar-refractivity contribution in [3.05, 3.63) is 46.8 Å². The lowest BCUT2D eigenvalue weighted by Gasteiger charge is -2.19. The van der Waals surface area contributed by atoms with Crippen molar-refractivity contribution in [2.45, 2.75) is 26.3 Å². The molecule has 1 aliphatic heterocycles. The summed E-state index contributed by atoms with van der Waals surface area (Å²) < 4.78 is 5.44. The number of nitrogens with two attached hydrogens (primary N) is 1. The number of nitrogens with zero attached hydrogens (tertiary/aromatic N) is 2. The largest absolute Gasteiger partial charge is 0.429 e. The molecular formula is C15H19N3O. The van der Waals surface area contributed by atoms with E-state index in [1.165, 1.54) is 11.1 Å². The van der Waals surface area contributed by atoms with Crippen LogP contribution in [0.25, 0.3) is 0 Å². The van der Waals surface area contributed by atoms with Gasteiger partial charge in [-0.25, -0.2) is 0 Å². The SMILES string of the molecule is Cc1ccc(CN2CCc3nc(N)oc3CC2)cc1. The Morgan fingerprint density at radius 1 is 1.21 bits per heavy atom. The second kappa shape index (κ2) is 5.05. The van der Waals surface area contributed by atoms with E-state index in [1.54, 1.807) is 0 Å². The number of anilines is 1. The molecule has 0 fully saturated rings. The van der Waals surface area contributed by atoms with E-state index in [-0.39, 0.29) is 0 Å². The standard InChI is InChI=1S/C15H19N3O/c1-11-2-4-12(5-3-11)10-18-8-6-13-14(7-9-18)19-15(16)17-13/h2-5H,6-10H2,1H3,(H2,16,17). The molecule has 1 aliphatic rings. The van der Waals surface area contributed by atoms with E-state index >= 15 is 0 Å². The number of aromatic nitrogens is 1. The first-order chi connectivity index (χ1) is 9.20. The lowest BCUT2D eigenvalue weighted by Crippen LogP contribution is -2.26. The molecule has 1 aromatic heterocycles. The Balaban J connectivity index is 1.65. The number of fused-ring (bicyclic) bond motifs is 1. The van der Waals surface area contributed by atoms with E-state index in [4.69, 9.17) is 10.2 Å². The van der Waals surface area contributed by atoms with Crippen molar-refractivity contribution in [3.63, 3.8) is 0 Å². The van der Waals surface area contributed by atoms with Gasteiger partial charge in [0.15, 0.2) is 0 Å². The lowest BCUT2D eigenvalue weighted by atomic mass is 10.1. The summed E-state index contributed by atoms with van der Waals surface area (Å²) in [6.45, 7) is 5.10. The Kier molecular flexibility index (Phi) is 3.25. The van der Waals surface area contributed by atoms with Crippen LogP contribution in [0.4, 0.5) is 6.01 Å². The summed E-state index contributed by atoms with van der Waals surface area (Å²) in [4.78, 5) is 6.69. The number of aryl methyl sites for hydroxylation is 1. The highest BCUT2D eigenvalue weighted by Gasteiger charge is 2.18. The van der Waals surface area contributed by atoms with E-state index in [2.05, 4.69) is 41.1 Å². The molecule has 1 aromatic carbocycles. The Labute approximate surface area is 113 Å². The molecule has 2 heterocycles. The van der Waals surface area contributed by atoms with Crippen LogP contribution in [0, 0.1) is 6.92 Å². The Morgan fingerprint density at radius 3 is 2.74 bits per heavy atom. The monoisotopic (exact) mass is 257 g/mol. The number of benzene rings is 1. The maximum Gasteiger partial charge on any atom is 0.292 e. The molecule has 0 saturated carbocycles. The van der Waals surface area contributed by atoms with Crippen LogP contribution in [-0.2, 0) is 19.4 Å². The molecular weight excluding hydrogens is 238 g/mol. The van der Waals surface area contributed by atoms with E-state index in [9.17, 15) is 0 Å². The average Bonchev–Trinajstić information content (AvgIpc) is 2.66. The molecule has 2 aromatic rings. The van der Waals surface area contributed by atoms with Crippen LogP contribution in [0.15, 0.2) is 28.7 Å². The maximum absolute atomic E-state index is 5.59. The summed E-state index contributed by atoms with van der Waals surface area (Å²) in [6, 6.07) is 9.04. The van der Waals surface area contributed by atoms with Crippen molar-refractivity contribution < 1.29 is 4.42 Å². The fourth-order valence-corrected chi connectivity index (χ4v) is 2.54. The Hall–Kier alpha value is -1.81. The van der Waals surface area contributed by atoms with E-state index in [0.29, 0.717) is 6.01 Å². The van der Waals surface area contributed by atoms with Crippen molar-refractivity contribution in [2.24, 2.45) is 0 Å². The normalized spacial score (nSPS) is 16.1. The highest BCUT2D eigenvalue weighted by Crippen LogP contribution is 2.19. The third-order valence-corrected chi connectivity index (χ3v) is 3.64. The first kappa shape index (κ1) is 12.2. The minimum absolute atomic E-state index is 0.303. The van der Waals surface area contributed by atoms with Crippen molar-refractivity contribution in [3.8, 4) is 0 Å². The van der Waals surface area contributed by atoms with Crippen LogP contribution in [0.5, 0.6) is 0 Å². The molecule has 0 saturated heterocycles. The first-order valence-electron chi connectivity index (χ1n) is 6.72. The zero-order valence-corrected chi connectivity index (χ0v) is 11.2. The van der Waals surface area contributed by atoms with Crippen LogP contribution in [0.3, 0.4) is 0 Å². The highest BCUT2D eigenvalue weighted by molar-refractivity contribution is 5.23. The molecule has 0 radical (unpaired) electrons. The van der Waals surface area contributed by atoms with E-state index in [1.807, 2.05) is 0 Å².